The molecule has 1 aromatic heterocycles. The summed E-state index contributed by atoms with van der Waals surface area (Å²) in [6.45, 7) is 9.18. The molecule has 11 rings (SSSR count). The first-order valence-electron chi connectivity index (χ1n) is 19.3. The van der Waals surface area contributed by atoms with Gasteiger partial charge in [0.1, 0.15) is 0 Å². The number of aromatic nitrogens is 2. The van der Waals surface area contributed by atoms with Crippen molar-refractivity contribution in [2.45, 2.75) is 38.5 Å². The van der Waals surface area contributed by atoms with E-state index in [0.717, 1.165) is 62.0 Å². The fraction of sp³-hybridized carbons (Fsp3) is 0.115. The molecule has 0 saturated carbocycles. The summed E-state index contributed by atoms with van der Waals surface area (Å²) in [5, 5.41) is 0. The summed E-state index contributed by atoms with van der Waals surface area (Å²) in [5.41, 5.74) is 16.7. The average molecular weight is 723 g/mol. The van der Waals surface area contributed by atoms with Gasteiger partial charge in [-0.25, -0.2) is 9.97 Å². The Morgan fingerprint density at radius 2 is 0.946 bits per heavy atom. The van der Waals surface area contributed by atoms with Crippen LogP contribution in [0.4, 0.5) is 0 Å². The monoisotopic (exact) mass is 722 g/mol. The number of rotatable bonds is 4. The maximum atomic E-state index is 6.92. The summed E-state index contributed by atoms with van der Waals surface area (Å²) in [5.74, 6) is 3.65. The van der Waals surface area contributed by atoms with Crippen LogP contribution >= 0.6 is 0 Å². The zero-order valence-electron chi connectivity index (χ0n) is 31.7. The summed E-state index contributed by atoms with van der Waals surface area (Å²) in [7, 11) is 0. The third-order valence-electron chi connectivity index (χ3n) is 12.2. The van der Waals surface area contributed by atoms with Crippen LogP contribution in [0.2, 0.25) is 0 Å². The van der Waals surface area contributed by atoms with Crippen LogP contribution in [0.5, 0.6) is 23.0 Å². The third-order valence-corrected chi connectivity index (χ3v) is 12.2. The lowest BCUT2D eigenvalue weighted by Gasteiger charge is -2.26. The normalized spacial score (nSPS) is 14.6. The van der Waals surface area contributed by atoms with Gasteiger partial charge in [0.15, 0.2) is 28.8 Å². The van der Waals surface area contributed by atoms with Gasteiger partial charge in [-0.05, 0) is 68.8 Å². The number of hydrogen-bond acceptors (Lipinski definition) is 4. The first-order valence-corrected chi connectivity index (χ1v) is 19.3. The first-order chi connectivity index (χ1) is 27.3. The Morgan fingerprint density at radius 1 is 0.375 bits per heavy atom. The van der Waals surface area contributed by atoms with E-state index in [1.54, 1.807) is 0 Å². The molecule has 56 heavy (non-hydrogen) atoms. The minimum absolute atomic E-state index is 0.119. The van der Waals surface area contributed by atoms with E-state index < -0.39 is 0 Å². The molecule has 7 aromatic carbocycles. The number of ether oxygens (including phenoxy) is 2. The molecule has 0 atom stereocenters. The molecule has 0 N–H and O–H groups in total. The maximum absolute atomic E-state index is 6.92. The van der Waals surface area contributed by atoms with Crippen molar-refractivity contribution in [3.8, 4) is 90.3 Å². The standard InChI is InChI=1S/C52H38N2O2/c1-51(2)40-19-11-9-16-38(40)47-41(51)27-28-46-49(47)56-48-35(17-12-20-45(48)55-46)31-21-23-33(24-22-31)44-30-43(32-13-6-5-7-14-32)53-50(54-44)34-25-26-37-36-15-8-10-18-39(36)52(3,4)42(37)29-34/h5-30H,1-4H3. The predicted molar refractivity (Wildman–Crippen MR) is 225 cm³/mol. The van der Waals surface area contributed by atoms with E-state index in [1.807, 2.05) is 18.2 Å². The molecule has 0 saturated heterocycles. The van der Waals surface area contributed by atoms with E-state index in [0.29, 0.717) is 11.6 Å². The first kappa shape index (κ1) is 32.6. The van der Waals surface area contributed by atoms with Crippen molar-refractivity contribution < 1.29 is 9.47 Å². The van der Waals surface area contributed by atoms with Crippen molar-refractivity contribution in [2.24, 2.45) is 0 Å². The van der Waals surface area contributed by atoms with Gasteiger partial charge in [-0.3, -0.25) is 0 Å². The van der Waals surface area contributed by atoms with E-state index in [1.165, 1.54) is 38.9 Å². The number of para-hydroxylation sites is 1. The van der Waals surface area contributed by atoms with Crippen LogP contribution in [0.15, 0.2) is 158 Å². The average Bonchev–Trinajstić information content (AvgIpc) is 3.62. The molecular formula is C52H38N2O2. The molecule has 2 heterocycles. The maximum Gasteiger partial charge on any atom is 0.178 e. The fourth-order valence-electron chi connectivity index (χ4n) is 9.22. The molecule has 0 fully saturated rings. The van der Waals surface area contributed by atoms with Crippen LogP contribution in [0.3, 0.4) is 0 Å². The Morgan fingerprint density at radius 3 is 1.71 bits per heavy atom. The molecule has 0 unspecified atom stereocenters. The number of hydrogen-bond donors (Lipinski definition) is 0. The summed E-state index contributed by atoms with van der Waals surface area (Å²) >= 11 is 0. The van der Waals surface area contributed by atoms with Gasteiger partial charge in [-0.15, -0.1) is 0 Å². The number of benzene rings is 7. The molecule has 0 amide bonds. The number of nitrogens with zero attached hydrogens (tertiary/aromatic N) is 2. The Bertz CT molecular complexity index is 2910. The van der Waals surface area contributed by atoms with Gasteiger partial charge >= 0.3 is 0 Å². The van der Waals surface area contributed by atoms with Crippen LogP contribution in [-0.4, -0.2) is 9.97 Å². The molecule has 1 aliphatic heterocycles. The van der Waals surface area contributed by atoms with E-state index in [9.17, 15) is 0 Å². The molecule has 3 aliphatic rings. The molecule has 8 aromatic rings. The zero-order chi connectivity index (χ0) is 37.8. The Hall–Kier alpha value is -6.78. The molecule has 2 aliphatic carbocycles. The van der Waals surface area contributed by atoms with Gasteiger partial charge in [0, 0.05) is 38.6 Å². The fourth-order valence-corrected chi connectivity index (χ4v) is 9.22. The smallest absolute Gasteiger partial charge is 0.178 e. The highest BCUT2D eigenvalue weighted by atomic mass is 16.6. The van der Waals surface area contributed by atoms with Crippen LogP contribution in [0.1, 0.15) is 49.9 Å². The SMILES string of the molecule is CC1(C)c2ccccc2-c2ccc(-c3nc(-c4ccccc4)cc(-c4ccc(-c5cccc6c5Oc5c(ccc7c5-c5ccccc5C7(C)C)O6)cc4)n3)cc21. The van der Waals surface area contributed by atoms with Crippen molar-refractivity contribution in [2.75, 3.05) is 0 Å². The van der Waals surface area contributed by atoms with Crippen molar-refractivity contribution in [1.29, 1.82) is 0 Å². The van der Waals surface area contributed by atoms with Gasteiger partial charge in [0.2, 0.25) is 0 Å². The van der Waals surface area contributed by atoms with Gasteiger partial charge in [-0.1, -0.05) is 161 Å². The summed E-state index contributed by atoms with van der Waals surface area (Å²) in [6.07, 6.45) is 0. The zero-order valence-corrected chi connectivity index (χ0v) is 31.7. The lowest BCUT2D eigenvalue weighted by molar-refractivity contribution is 0.361. The Labute approximate surface area is 327 Å². The molecule has 4 heteroatoms. The molecule has 268 valence electrons. The second-order valence-electron chi connectivity index (χ2n) is 16.2. The quantitative estimate of drug-likeness (QED) is 0.181. The third kappa shape index (κ3) is 4.78. The van der Waals surface area contributed by atoms with Gasteiger partial charge in [0.05, 0.1) is 11.4 Å². The Kier molecular flexibility index (Phi) is 6.91. The van der Waals surface area contributed by atoms with Crippen molar-refractivity contribution >= 4 is 0 Å². The second kappa shape index (κ2) is 11.9. The molecular weight excluding hydrogens is 685 g/mol. The lowest BCUT2D eigenvalue weighted by atomic mass is 9.82. The van der Waals surface area contributed by atoms with Crippen LogP contribution in [0.25, 0.3) is 67.3 Å². The van der Waals surface area contributed by atoms with Crippen molar-refractivity contribution in [3.05, 3.63) is 180 Å². The predicted octanol–water partition coefficient (Wildman–Crippen LogP) is 13.7. The van der Waals surface area contributed by atoms with Crippen molar-refractivity contribution in [1.82, 2.24) is 9.97 Å². The summed E-state index contributed by atoms with van der Waals surface area (Å²) in [6, 6.07) is 55.5. The van der Waals surface area contributed by atoms with Crippen LogP contribution in [0, 0.1) is 0 Å². The minimum Gasteiger partial charge on any atom is -0.449 e. The lowest BCUT2D eigenvalue weighted by Crippen LogP contribution is -2.15. The number of fused-ring (bicyclic) bond motifs is 9. The highest BCUT2D eigenvalue weighted by Crippen LogP contribution is 2.59. The molecule has 4 nitrogen and oxygen atoms in total. The van der Waals surface area contributed by atoms with Gasteiger partial charge in [0.25, 0.3) is 0 Å². The minimum atomic E-state index is -0.135. The van der Waals surface area contributed by atoms with Crippen LogP contribution in [-0.2, 0) is 10.8 Å². The Balaban J connectivity index is 0.980. The topological polar surface area (TPSA) is 44.2 Å². The van der Waals surface area contributed by atoms with Gasteiger partial charge in [-0.2, -0.15) is 0 Å². The molecule has 0 radical (unpaired) electrons. The van der Waals surface area contributed by atoms with Crippen LogP contribution < -0.4 is 9.47 Å². The summed E-state index contributed by atoms with van der Waals surface area (Å²) in [4.78, 5) is 10.4. The highest BCUT2D eigenvalue weighted by Gasteiger charge is 2.40. The van der Waals surface area contributed by atoms with E-state index in [4.69, 9.17) is 19.4 Å². The van der Waals surface area contributed by atoms with E-state index in [2.05, 4.69) is 167 Å². The second-order valence-corrected chi connectivity index (χ2v) is 16.2. The highest BCUT2D eigenvalue weighted by molar-refractivity contribution is 5.89. The van der Waals surface area contributed by atoms with Gasteiger partial charge < -0.3 is 9.47 Å². The largest absolute Gasteiger partial charge is 0.449 e. The van der Waals surface area contributed by atoms with E-state index in [-0.39, 0.29) is 10.8 Å². The summed E-state index contributed by atoms with van der Waals surface area (Å²) < 4.78 is 13.5. The molecule has 0 spiro atoms. The van der Waals surface area contributed by atoms with Crippen molar-refractivity contribution in [3.63, 3.8) is 0 Å². The van der Waals surface area contributed by atoms with E-state index >= 15 is 0 Å². The molecule has 0 bridgehead atoms.